The van der Waals surface area contributed by atoms with Crippen molar-refractivity contribution in [1.82, 2.24) is 0 Å². The van der Waals surface area contributed by atoms with Crippen LogP contribution in [0.4, 0.5) is 0 Å². The van der Waals surface area contributed by atoms with Gasteiger partial charge in [0.2, 0.25) is 0 Å². The second-order valence-corrected chi connectivity index (χ2v) is 5.87. The summed E-state index contributed by atoms with van der Waals surface area (Å²) >= 11 is 14.1. The molecule has 0 nitrogen and oxygen atoms in total. The van der Waals surface area contributed by atoms with Crippen LogP contribution in [0.2, 0.25) is 5.02 Å². The predicted molar refractivity (Wildman–Crippen MR) is 64.5 cm³/mol. The smallest absolute Gasteiger partial charge is 0.0696 e. The first-order valence-corrected chi connectivity index (χ1v) is 6.83. The summed E-state index contributed by atoms with van der Waals surface area (Å²) in [4.78, 5) is 1.15. The molecule has 14 heavy (non-hydrogen) atoms. The highest BCUT2D eigenvalue weighted by Crippen LogP contribution is 2.40. The second kappa shape index (κ2) is 4.87. The van der Waals surface area contributed by atoms with E-state index in [1.54, 1.807) is 11.3 Å². The van der Waals surface area contributed by atoms with Gasteiger partial charge in [0.1, 0.15) is 0 Å². The number of thiophene rings is 1. The average Bonchev–Trinajstić information content (AvgIpc) is 2.75. The van der Waals surface area contributed by atoms with E-state index in [1.807, 2.05) is 11.4 Å². The third kappa shape index (κ3) is 2.44. The maximum Gasteiger partial charge on any atom is 0.0696 e. The number of halogens is 2. The topological polar surface area (TPSA) is 0 Å². The quantitative estimate of drug-likeness (QED) is 0.641. The van der Waals surface area contributed by atoms with Gasteiger partial charge in [-0.3, -0.25) is 0 Å². The monoisotopic (exact) mass is 248 g/mol. The van der Waals surface area contributed by atoms with E-state index < -0.39 is 0 Å². The van der Waals surface area contributed by atoms with Crippen LogP contribution in [0.25, 0.3) is 0 Å². The molecule has 78 valence electrons. The van der Waals surface area contributed by atoms with E-state index >= 15 is 0 Å². The third-order valence-corrected chi connectivity index (χ3v) is 4.94. The molecule has 1 atom stereocenters. The van der Waals surface area contributed by atoms with Crippen LogP contribution in [0, 0.1) is 5.92 Å². The second-order valence-electron chi connectivity index (χ2n) is 3.99. The SMILES string of the molecule is Clc1ccsc1C(Cl)CC1CCCC1. The molecular formula is C11H14Cl2S. The molecule has 0 N–H and O–H groups in total. The van der Waals surface area contributed by atoms with Gasteiger partial charge >= 0.3 is 0 Å². The first-order valence-electron chi connectivity index (χ1n) is 5.14. The molecule has 3 heteroatoms. The highest BCUT2D eigenvalue weighted by atomic mass is 35.5. The molecule has 1 aromatic rings. The summed E-state index contributed by atoms with van der Waals surface area (Å²) < 4.78 is 0. The molecule has 1 aliphatic rings. The fourth-order valence-corrected chi connectivity index (χ4v) is 3.93. The van der Waals surface area contributed by atoms with Crippen molar-refractivity contribution in [3.05, 3.63) is 21.3 Å². The Morgan fingerprint density at radius 2 is 2.14 bits per heavy atom. The molecule has 1 aliphatic carbocycles. The van der Waals surface area contributed by atoms with E-state index in [0.717, 1.165) is 22.2 Å². The summed E-state index contributed by atoms with van der Waals surface area (Å²) in [5, 5.41) is 2.99. The molecule has 0 bridgehead atoms. The van der Waals surface area contributed by atoms with Gasteiger partial charge in [0.15, 0.2) is 0 Å². The van der Waals surface area contributed by atoms with E-state index in [0.29, 0.717) is 0 Å². The highest BCUT2D eigenvalue weighted by molar-refractivity contribution is 7.11. The van der Waals surface area contributed by atoms with Crippen LogP contribution in [0.15, 0.2) is 11.4 Å². The molecule has 1 saturated carbocycles. The highest BCUT2D eigenvalue weighted by Gasteiger charge is 2.21. The van der Waals surface area contributed by atoms with Crippen LogP contribution in [-0.2, 0) is 0 Å². The minimum atomic E-state index is 0.130. The maximum absolute atomic E-state index is 6.36. The van der Waals surface area contributed by atoms with Gasteiger partial charge in [-0.1, -0.05) is 37.3 Å². The largest absolute Gasteiger partial charge is 0.146 e. The molecule has 2 rings (SSSR count). The summed E-state index contributed by atoms with van der Waals surface area (Å²) in [6, 6.07) is 1.94. The molecule has 1 unspecified atom stereocenters. The minimum absolute atomic E-state index is 0.130. The Morgan fingerprint density at radius 1 is 1.43 bits per heavy atom. The number of alkyl halides is 1. The Labute approximate surface area is 99.2 Å². The standard InChI is InChI=1S/C11H14Cl2S/c12-9-5-6-14-11(9)10(13)7-8-3-1-2-4-8/h5-6,8,10H,1-4,7H2. The summed E-state index contributed by atoms with van der Waals surface area (Å²) in [6.45, 7) is 0. The zero-order valence-electron chi connectivity index (χ0n) is 8.01. The van der Waals surface area contributed by atoms with E-state index in [9.17, 15) is 0 Å². The minimum Gasteiger partial charge on any atom is -0.146 e. The van der Waals surface area contributed by atoms with Crippen LogP contribution in [0.1, 0.15) is 42.4 Å². The van der Waals surface area contributed by atoms with Gasteiger partial charge < -0.3 is 0 Å². The van der Waals surface area contributed by atoms with Gasteiger partial charge in [-0.2, -0.15) is 0 Å². The normalized spacial score (nSPS) is 20.1. The van der Waals surface area contributed by atoms with E-state index in [1.165, 1.54) is 25.7 Å². The van der Waals surface area contributed by atoms with Crippen molar-refractivity contribution in [3.8, 4) is 0 Å². The molecule has 1 fully saturated rings. The number of rotatable bonds is 3. The zero-order chi connectivity index (χ0) is 9.97. The summed E-state index contributed by atoms with van der Waals surface area (Å²) in [6.07, 6.45) is 6.57. The number of hydrogen-bond donors (Lipinski definition) is 0. The van der Waals surface area contributed by atoms with Gasteiger partial charge in [0.25, 0.3) is 0 Å². The third-order valence-electron chi connectivity index (χ3n) is 2.94. The Hall–Kier alpha value is 0.280. The molecule has 0 amide bonds. The lowest BCUT2D eigenvalue weighted by Crippen LogP contribution is -1.98. The molecule has 1 aromatic heterocycles. The molecule has 0 saturated heterocycles. The van der Waals surface area contributed by atoms with Crippen molar-refractivity contribution in [1.29, 1.82) is 0 Å². The van der Waals surface area contributed by atoms with Crippen LogP contribution >= 0.6 is 34.5 Å². The Balaban J connectivity index is 1.95. The lowest BCUT2D eigenvalue weighted by atomic mass is 10.0. The molecule has 0 radical (unpaired) electrons. The first-order chi connectivity index (χ1) is 6.77. The summed E-state index contributed by atoms with van der Waals surface area (Å²) in [5.41, 5.74) is 0. The van der Waals surface area contributed by atoms with Crippen LogP contribution in [-0.4, -0.2) is 0 Å². The molecule has 0 aromatic carbocycles. The van der Waals surface area contributed by atoms with Crippen molar-refractivity contribution in [2.24, 2.45) is 5.92 Å². The molecule has 1 heterocycles. The maximum atomic E-state index is 6.36. The van der Waals surface area contributed by atoms with Gasteiger partial charge in [0.05, 0.1) is 10.4 Å². The Morgan fingerprint density at radius 3 is 2.71 bits per heavy atom. The molecular weight excluding hydrogens is 235 g/mol. The Kier molecular flexibility index (Phi) is 3.75. The van der Waals surface area contributed by atoms with Crippen LogP contribution < -0.4 is 0 Å². The lowest BCUT2D eigenvalue weighted by molar-refractivity contribution is 0.498. The van der Waals surface area contributed by atoms with Crippen molar-refractivity contribution < 1.29 is 0 Å². The van der Waals surface area contributed by atoms with E-state index in [4.69, 9.17) is 23.2 Å². The Bertz CT molecular complexity index is 289. The summed E-state index contributed by atoms with van der Waals surface area (Å²) in [7, 11) is 0. The van der Waals surface area contributed by atoms with E-state index in [-0.39, 0.29) is 5.38 Å². The van der Waals surface area contributed by atoms with Crippen molar-refractivity contribution in [2.75, 3.05) is 0 Å². The van der Waals surface area contributed by atoms with Crippen molar-refractivity contribution >= 4 is 34.5 Å². The van der Waals surface area contributed by atoms with Gasteiger partial charge in [-0.15, -0.1) is 22.9 Å². The van der Waals surface area contributed by atoms with Crippen LogP contribution in [0.5, 0.6) is 0 Å². The summed E-state index contributed by atoms with van der Waals surface area (Å²) in [5.74, 6) is 0.829. The zero-order valence-corrected chi connectivity index (χ0v) is 10.3. The average molecular weight is 249 g/mol. The van der Waals surface area contributed by atoms with Gasteiger partial charge in [-0.25, -0.2) is 0 Å². The van der Waals surface area contributed by atoms with Gasteiger partial charge in [0, 0.05) is 4.88 Å². The van der Waals surface area contributed by atoms with E-state index in [2.05, 4.69) is 0 Å². The molecule has 0 aliphatic heterocycles. The fourth-order valence-electron chi connectivity index (χ4n) is 2.17. The van der Waals surface area contributed by atoms with Crippen LogP contribution in [0.3, 0.4) is 0 Å². The lowest BCUT2D eigenvalue weighted by Gasteiger charge is -2.13. The van der Waals surface area contributed by atoms with Crippen molar-refractivity contribution in [2.45, 2.75) is 37.5 Å². The van der Waals surface area contributed by atoms with Crippen molar-refractivity contribution in [3.63, 3.8) is 0 Å². The fraction of sp³-hybridized carbons (Fsp3) is 0.636. The predicted octanol–water partition coefficient (Wildman–Crippen LogP) is 5.26. The number of hydrogen-bond acceptors (Lipinski definition) is 1. The molecule has 0 spiro atoms. The first kappa shape index (κ1) is 10.8. The van der Waals surface area contributed by atoms with Gasteiger partial charge in [-0.05, 0) is 23.8 Å².